The fourth-order valence-corrected chi connectivity index (χ4v) is 2.01. The Morgan fingerprint density at radius 3 is 2.48 bits per heavy atom. The standard InChI is InChI=1S/C12H7BrClF3N2O2/c1-20-6-2-3-8(7(13)4-6)21-10-5-9(12(15,16)17)18-11(14)19-10/h2-5H,1H3. The van der Waals surface area contributed by atoms with Gasteiger partial charge < -0.3 is 9.47 Å². The van der Waals surface area contributed by atoms with Crippen molar-refractivity contribution in [3.63, 3.8) is 0 Å². The van der Waals surface area contributed by atoms with Crippen LogP contribution in [-0.2, 0) is 6.18 Å². The summed E-state index contributed by atoms with van der Waals surface area (Å²) in [4.78, 5) is 6.72. The Morgan fingerprint density at radius 1 is 1.19 bits per heavy atom. The Morgan fingerprint density at radius 2 is 1.90 bits per heavy atom. The molecule has 0 saturated heterocycles. The minimum Gasteiger partial charge on any atom is -0.497 e. The lowest BCUT2D eigenvalue weighted by Crippen LogP contribution is -2.09. The van der Waals surface area contributed by atoms with Gasteiger partial charge in [-0.1, -0.05) is 0 Å². The average molecular weight is 384 g/mol. The molecule has 0 amide bonds. The molecular formula is C12H7BrClF3N2O2. The number of hydrogen-bond donors (Lipinski definition) is 0. The molecule has 0 fully saturated rings. The van der Waals surface area contributed by atoms with Crippen LogP contribution in [0.5, 0.6) is 17.4 Å². The van der Waals surface area contributed by atoms with Crippen LogP contribution in [-0.4, -0.2) is 17.1 Å². The zero-order chi connectivity index (χ0) is 15.6. The second-order valence-corrected chi connectivity index (χ2v) is 4.95. The van der Waals surface area contributed by atoms with Crippen LogP contribution in [0.2, 0.25) is 5.28 Å². The van der Waals surface area contributed by atoms with E-state index in [1.165, 1.54) is 13.2 Å². The van der Waals surface area contributed by atoms with Gasteiger partial charge in [-0.25, -0.2) is 4.98 Å². The molecule has 2 rings (SSSR count). The largest absolute Gasteiger partial charge is 0.497 e. The van der Waals surface area contributed by atoms with Crippen molar-refractivity contribution in [3.8, 4) is 17.4 Å². The molecule has 112 valence electrons. The van der Waals surface area contributed by atoms with Crippen LogP contribution in [0.1, 0.15) is 5.69 Å². The third-order valence-electron chi connectivity index (χ3n) is 2.32. The Balaban J connectivity index is 2.33. The molecule has 2 aromatic rings. The van der Waals surface area contributed by atoms with Gasteiger partial charge >= 0.3 is 6.18 Å². The highest BCUT2D eigenvalue weighted by Crippen LogP contribution is 2.35. The summed E-state index contributed by atoms with van der Waals surface area (Å²) in [6.07, 6.45) is -4.64. The highest BCUT2D eigenvalue weighted by Gasteiger charge is 2.34. The van der Waals surface area contributed by atoms with E-state index in [1.807, 2.05) is 0 Å². The Hall–Kier alpha value is -1.54. The summed E-state index contributed by atoms with van der Waals surface area (Å²) in [6.45, 7) is 0. The minimum atomic E-state index is -4.64. The highest BCUT2D eigenvalue weighted by molar-refractivity contribution is 9.10. The van der Waals surface area contributed by atoms with E-state index in [1.54, 1.807) is 12.1 Å². The number of aromatic nitrogens is 2. The molecule has 0 aliphatic heterocycles. The molecule has 0 aliphatic carbocycles. The van der Waals surface area contributed by atoms with E-state index in [-0.39, 0.29) is 11.6 Å². The third-order valence-corrected chi connectivity index (χ3v) is 3.11. The minimum absolute atomic E-state index is 0.263. The van der Waals surface area contributed by atoms with Crippen molar-refractivity contribution in [2.24, 2.45) is 0 Å². The zero-order valence-corrected chi connectivity index (χ0v) is 12.8. The summed E-state index contributed by atoms with van der Waals surface area (Å²) in [5.41, 5.74) is -1.18. The van der Waals surface area contributed by atoms with E-state index in [0.717, 1.165) is 0 Å². The molecule has 1 aromatic carbocycles. The van der Waals surface area contributed by atoms with Gasteiger partial charge in [0.1, 0.15) is 11.5 Å². The molecule has 0 unspecified atom stereocenters. The quantitative estimate of drug-likeness (QED) is 0.720. The summed E-state index contributed by atoms with van der Waals surface area (Å²) < 4.78 is 48.7. The van der Waals surface area contributed by atoms with Crippen molar-refractivity contribution in [3.05, 3.63) is 39.7 Å². The predicted octanol–water partition coefficient (Wildman–Crippen LogP) is 4.71. The van der Waals surface area contributed by atoms with E-state index < -0.39 is 17.2 Å². The molecule has 0 bridgehead atoms. The van der Waals surface area contributed by atoms with Crippen molar-refractivity contribution >= 4 is 27.5 Å². The van der Waals surface area contributed by atoms with Crippen LogP contribution < -0.4 is 9.47 Å². The maximum atomic E-state index is 12.6. The number of ether oxygens (including phenoxy) is 2. The van der Waals surface area contributed by atoms with Gasteiger partial charge in [0.05, 0.1) is 11.6 Å². The topological polar surface area (TPSA) is 44.2 Å². The number of methoxy groups -OCH3 is 1. The van der Waals surface area contributed by atoms with Crippen LogP contribution >= 0.6 is 27.5 Å². The number of alkyl halides is 3. The van der Waals surface area contributed by atoms with Gasteiger partial charge in [-0.05, 0) is 45.7 Å². The van der Waals surface area contributed by atoms with Gasteiger partial charge in [0.2, 0.25) is 11.2 Å². The first-order chi connectivity index (χ1) is 9.79. The number of nitrogens with zero attached hydrogens (tertiary/aromatic N) is 2. The highest BCUT2D eigenvalue weighted by atomic mass is 79.9. The van der Waals surface area contributed by atoms with Crippen LogP contribution in [0.3, 0.4) is 0 Å². The molecule has 0 N–H and O–H groups in total. The number of halogens is 5. The van der Waals surface area contributed by atoms with Gasteiger partial charge in [-0.3, -0.25) is 0 Å². The summed E-state index contributed by atoms with van der Waals surface area (Å²) in [6, 6.07) is 5.38. The van der Waals surface area contributed by atoms with Gasteiger partial charge in [0, 0.05) is 6.07 Å². The van der Waals surface area contributed by atoms with E-state index in [2.05, 4.69) is 25.9 Å². The van der Waals surface area contributed by atoms with Crippen molar-refractivity contribution in [2.75, 3.05) is 7.11 Å². The summed E-state index contributed by atoms with van der Waals surface area (Å²) >= 11 is 8.69. The Bertz CT molecular complexity index is 667. The fourth-order valence-electron chi connectivity index (χ4n) is 1.40. The molecule has 0 saturated carbocycles. The second kappa shape index (κ2) is 6.07. The first kappa shape index (κ1) is 15.8. The lowest BCUT2D eigenvalue weighted by atomic mass is 10.3. The smallest absolute Gasteiger partial charge is 0.433 e. The molecular weight excluding hydrogens is 376 g/mol. The maximum Gasteiger partial charge on any atom is 0.433 e. The molecule has 1 aromatic heterocycles. The van der Waals surface area contributed by atoms with E-state index >= 15 is 0 Å². The van der Waals surface area contributed by atoms with E-state index in [0.29, 0.717) is 16.3 Å². The van der Waals surface area contributed by atoms with E-state index in [9.17, 15) is 13.2 Å². The Labute approximate surface area is 131 Å². The van der Waals surface area contributed by atoms with E-state index in [4.69, 9.17) is 21.1 Å². The fraction of sp³-hybridized carbons (Fsp3) is 0.167. The molecule has 9 heteroatoms. The summed E-state index contributed by atoms with van der Waals surface area (Å²) in [5.74, 6) is 0.512. The van der Waals surface area contributed by atoms with Crippen LogP contribution in [0.4, 0.5) is 13.2 Å². The van der Waals surface area contributed by atoms with Gasteiger partial charge in [0.25, 0.3) is 0 Å². The van der Waals surface area contributed by atoms with Gasteiger partial charge in [-0.2, -0.15) is 18.2 Å². The normalized spacial score (nSPS) is 11.3. The van der Waals surface area contributed by atoms with Crippen molar-refractivity contribution < 1.29 is 22.6 Å². The summed E-state index contributed by atoms with van der Waals surface area (Å²) in [7, 11) is 1.49. The van der Waals surface area contributed by atoms with Crippen molar-refractivity contribution in [1.29, 1.82) is 0 Å². The first-order valence-corrected chi connectivity index (χ1v) is 6.60. The van der Waals surface area contributed by atoms with Crippen molar-refractivity contribution in [1.82, 2.24) is 9.97 Å². The molecule has 0 spiro atoms. The number of hydrogen-bond acceptors (Lipinski definition) is 4. The second-order valence-electron chi connectivity index (χ2n) is 3.76. The molecule has 1 heterocycles. The van der Waals surface area contributed by atoms with Crippen LogP contribution in [0.25, 0.3) is 0 Å². The van der Waals surface area contributed by atoms with Gasteiger partial charge in [-0.15, -0.1) is 0 Å². The lowest BCUT2D eigenvalue weighted by molar-refractivity contribution is -0.141. The average Bonchev–Trinajstić information content (AvgIpc) is 2.39. The SMILES string of the molecule is COc1ccc(Oc2cc(C(F)(F)F)nc(Cl)n2)c(Br)c1. The van der Waals surface area contributed by atoms with Crippen LogP contribution in [0.15, 0.2) is 28.7 Å². The van der Waals surface area contributed by atoms with Gasteiger partial charge in [0.15, 0.2) is 5.69 Å². The number of rotatable bonds is 3. The molecule has 21 heavy (non-hydrogen) atoms. The lowest BCUT2D eigenvalue weighted by Gasteiger charge is -2.10. The molecule has 4 nitrogen and oxygen atoms in total. The third kappa shape index (κ3) is 3.98. The number of benzene rings is 1. The summed E-state index contributed by atoms with van der Waals surface area (Å²) in [5, 5.41) is -0.551. The molecule has 0 atom stereocenters. The predicted molar refractivity (Wildman–Crippen MR) is 72.8 cm³/mol. The monoisotopic (exact) mass is 382 g/mol. The maximum absolute atomic E-state index is 12.6. The molecule has 0 radical (unpaired) electrons. The zero-order valence-electron chi connectivity index (χ0n) is 10.4. The van der Waals surface area contributed by atoms with Crippen LogP contribution in [0, 0.1) is 0 Å². The van der Waals surface area contributed by atoms with Crippen molar-refractivity contribution in [2.45, 2.75) is 6.18 Å². The first-order valence-electron chi connectivity index (χ1n) is 5.43. The molecule has 0 aliphatic rings. The Kier molecular flexibility index (Phi) is 4.58.